The SMILES string of the molecule is CN(C)C(=O)c1ccc(NCC[As](C)C)c(N)c1. The molecule has 100 valence electrons. The van der Waals surface area contributed by atoms with Crippen LogP contribution in [0.4, 0.5) is 11.4 Å². The van der Waals surface area contributed by atoms with Crippen LogP contribution in [0.2, 0.25) is 16.6 Å². The summed E-state index contributed by atoms with van der Waals surface area (Å²) in [7, 11) is 3.47. The van der Waals surface area contributed by atoms with Crippen molar-refractivity contribution < 1.29 is 4.79 Å². The summed E-state index contributed by atoms with van der Waals surface area (Å²) in [4.78, 5) is 13.3. The number of nitrogens with two attached hydrogens (primary N) is 1. The van der Waals surface area contributed by atoms with E-state index in [4.69, 9.17) is 5.73 Å². The molecule has 1 amide bonds. The number of rotatable bonds is 5. The van der Waals surface area contributed by atoms with Crippen LogP contribution in [0.25, 0.3) is 0 Å². The number of carbonyl (C=O) groups excluding carboxylic acids is 1. The van der Waals surface area contributed by atoms with Crippen LogP contribution >= 0.6 is 0 Å². The first-order valence-electron chi connectivity index (χ1n) is 5.91. The molecule has 0 aliphatic rings. The Bertz CT molecular complexity index is 419. The van der Waals surface area contributed by atoms with Gasteiger partial charge in [0.1, 0.15) is 0 Å². The van der Waals surface area contributed by atoms with Crippen molar-refractivity contribution >= 4 is 31.9 Å². The second kappa shape index (κ2) is 6.69. The summed E-state index contributed by atoms with van der Waals surface area (Å²) in [5, 5.41) is 4.57. The van der Waals surface area contributed by atoms with E-state index in [1.807, 2.05) is 12.1 Å². The molecule has 1 aromatic carbocycles. The summed E-state index contributed by atoms with van der Waals surface area (Å²) < 4.78 is 0. The summed E-state index contributed by atoms with van der Waals surface area (Å²) >= 11 is -0.591. The Labute approximate surface area is 114 Å². The van der Waals surface area contributed by atoms with Crippen LogP contribution in [0.1, 0.15) is 10.4 Å². The Kier molecular flexibility index (Phi) is 5.54. The fraction of sp³-hybridized carbons (Fsp3) is 0.462. The second-order valence-electron chi connectivity index (χ2n) is 4.73. The van der Waals surface area contributed by atoms with Gasteiger partial charge in [0, 0.05) is 0 Å². The van der Waals surface area contributed by atoms with Crippen molar-refractivity contribution in [3.63, 3.8) is 0 Å². The molecule has 18 heavy (non-hydrogen) atoms. The van der Waals surface area contributed by atoms with Crippen LogP contribution in [-0.2, 0) is 0 Å². The van der Waals surface area contributed by atoms with Crippen LogP contribution in [0, 0.1) is 0 Å². The van der Waals surface area contributed by atoms with Crippen molar-refractivity contribution in [2.45, 2.75) is 16.6 Å². The number of anilines is 2. The van der Waals surface area contributed by atoms with Gasteiger partial charge < -0.3 is 0 Å². The first kappa shape index (κ1) is 14.9. The third-order valence-electron chi connectivity index (χ3n) is 2.58. The van der Waals surface area contributed by atoms with E-state index in [9.17, 15) is 4.79 Å². The monoisotopic (exact) mass is 311 g/mol. The van der Waals surface area contributed by atoms with E-state index in [0.29, 0.717) is 11.3 Å². The fourth-order valence-corrected chi connectivity index (χ4v) is 2.70. The van der Waals surface area contributed by atoms with Gasteiger partial charge in [0.25, 0.3) is 0 Å². The molecule has 0 saturated carbocycles. The second-order valence-corrected chi connectivity index (χ2v) is 10.2. The molecule has 0 unspecified atom stereocenters. The van der Waals surface area contributed by atoms with E-state index < -0.39 is 14.7 Å². The van der Waals surface area contributed by atoms with E-state index in [1.54, 1.807) is 25.1 Å². The van der Waals surface area contributed by atoms with Gasteiger partial charge in [0.05, 0.1) is 0 Å². The Morgan fingerprint density at radius 1 is 1.39 bits per heavy atom. The van der Waals surface area contributed by atoms with Gasteiger partial charge >= 0.3 is 114 Å². The molecule has 0 aliphatic carbocycles. The summed E-state index contributed by atoms with van der Waals surface area (Å²) in [6, 6.07) is 5.43. The molecule has 0 fully saturated rings. The van der Waals surface area contributed by atoms with Gasteiger partial charge in [-0.1, -0.05) is 0 Å². The van der Waals surface area contributed by atoms with Crippen LogP contribution in [-0.4, -0.2) is 46.1 Å². The zero-order valence-corrected chi connectivity index (χ0v) is 13.4. The molecule has 0 bridgehead atoms. The van der Waals surface area contributed by atoms with E-state index in [1.165, 1.54) is 5.21 Å². The Balaban J connectivity index is 2.71. The van der Waals surface area contributed by atoms with E-state index in [0.717, 1.165) is 12.2 Å². The summed E-state index contributed by atoms with van der Waals surface area (Å²) in [6.07, 6.45) is 0. The number of carbonyl (C=O) groups is 1. The van der Waals surface area contributed by atoms with Gasteiger partial charge in [0.2, 0.25) is 0 Å². The average Bonchev–Trinajstić information content (AvgIpc) is 2.29. The molecule has 3 N–H and O–H groups in total. The number of nitrogens with zero attached hydrogens (tertiary/aromatic N) is 1. The van der Waals surface area contributed by atoms with Crippen LogP contribution < -0.4 is 11.1 Å². The van der Waals surface area contributed by atoms with Crippen molar-refractivity contribution in [1.82, 2.24) is 4.90 Å². The minimum atomic E-state index is -0.591. The molecule has 0 aliphatic heterocycles. The van der Waals surface area contributed by atoms with Gasteiger partial charge in [0.15, 0.2) is 0 Å². The topological polar surface area (TPSA) is 58.4 Å². The molecule has 0 spiro atoms. The molecule has 0 atom stereocenters. The van der Waals surface area contributed by atoms with Crippen molar-refractivity contribution in [3.8, 4) is 0 Å². The van der Waals surface area contributed by atoms with Crippen molar-refractivity contribution in [2.75, 3.05) is 31.7 Å². The first-order valence-corrected chi connectivity index (χ1v) is 11.0. The molecule has 0 saturated heterocycles. The molecule has 0 radical (unpaired) electrons. The maximum absolute atomic E-state index is 11.8. The Hall–Kier alpha value is -1.15. The summed E-state index contributed by atoms with van der Waals surface area (Å²) in [5.74, 6) is -0.0248. The molecule has 4 nitrogen and oxygen atoms in total. The Morgan fingerprint density at radius 3 is 2.56 bits per heavy atom. The van der Waals surface area contributed by atoms with Crippen molar-refractivity contribution in [2.24, 2.45) is 0 Å². The molecular weight excluding hydrogens is 289 g/mol. The van der Waals surface area contributed by atoms with E-state index in [2.05, 4.69) is 16.7 Å². The molecular formula is C13H22AsN3O. The van der Waals surface area contributed by atoms with Gasteiger partial charge in [-0.05, 0) is 0 Å². The predicted molar refractivity (Wildman–Crippen MR) is 79.7 cm³/mol. The van der Waals surface area contributed by atoms with Crippen molar-refractivity contribution in [1.29, 1.82) is 0 Å². The van der Waals surface area contributed by atoms with Gasteiger partial charge in [-0.3, -0.25) is 0 Å². The Morgan fingerprint density at radius 2 is 2.06 bits per heavy atom. The van der Waals surface area contributed by atoms with Crippen LogP contribution in [0.15, 0.2) is 18.2 Å². The molecule has 1 rings (SSSR count). The zero-order valence-electron chi connectivity index (χ0n) is 11.5. The molecule has 5 heteroatoms. The van der Waals surface area contributed by atoms with Gasteiger partial charge in [-0.2, -0.15) is 0 Å². The standard InChI is InChI=1S/C13H22AsN3O/c1-14(2)7-8-16-12-6-5-10(9-11(12)15)13(18)17(3)4/h5-6,9,16H,7-8,15H2,1-4H3. The maximum atomic E-state index is 11.8. The van der Waals surface area contributed by atoms with Crippen LogP contribution in [0.3, 0.4) is 0 Å². The first-order chi connectivity index (χ1) is 8.41. The number of benzene rings is 1. The predicted octanol–water partition coefficient (Wildman–Crippen LogP) is 2.14. The fourth-order valence-electron chi connectivity index (χ4n) is 1.53. The van der Waals surface area contributed by atoms with Gasteiger partial charge in [-0.15, -0.1) is 0 Å². The van der Waals surface area contributed by atoms with Gasteiger partial charge in [-0.25, -0.2) is 0 Å². The third kappa shape index (κ3) is 4.26. The minimum absolute atomic E-state index is 0.0248. The molecule has 1 aromatic rings. The molecule has 0 aromatic heterocycles. The van der Waals surface area contributed by atoms with E-state index in [-0.39, 0.29) is 5.91 Å². The number of nitrogen functional groups attached to an aromatic ring is 1. The molecule has 0 heterocycles. The average molecular weight is 311 g/mol. The normalized spacial score (nSPS) is 10.5. The quantitative estimate of drug-likeness (QED) is 0.647. The number of nitrogens with one attached hydrogen (secondary N) is 1. The number of hydrogen-bond acceptors (Lipinski definition) is 3. The van der Waals surface area contributed by atoms with E-state index >= 15 is 0 Å². The zero-order chi connectivity index (χ0) is 13.7. The summed E-state index contributed by atoms with van der Waals surface area (Å²) in [5.41, 5.74) is 12.8. The van der Waals surface area contributed by atoms with Crippen molar-refractivity contribution in [3.05, 3.63) is 23.8 Å². The number of hydrogen-bond donors (Lipinski definition) is 2. The third-order valence-corrected chi connectivity index (χ3v) is 4.92. The van der Waals surface area contributed by atoms with Crippen LogP contribution in [0.5, 0.6) is 0 Å². The summed E-state index contributed by atoms with van der Waals surface area (Å²) in [6.45, 7) is 0.957. The number of amides is 1.